The Hall–Kier alpha value is -2.26. The summed E-state index contributed by atoms with van der Waals surface area (Å²) in [6.45, 7) is 1.82. The van der Waals surface area contributed by atoms with Crippen molar-refractivity contribution in [1.29, 1.82) is 0 Å². The molecule has 23 heavy (non-hydrogen) atoms. The summed E-state index contributed by atoms with van der Waals surface area (Å²) in [7, 11) is -3.94. The highest BCUT2D eigenvalue weighted by atomic mass is 79.9. The van der Waals surface area contributed by atoms with Crippen molar-refractivity contribution in [2.75, 3.05) is 0 Å². The van der Waals surface area contributed by atoms with Crippen molar-refractivity contribution >= 4 is 37.5 Å². The SMILES string of the molecule is Cc1cc(Br)nn2cc(C(=O)NS(=O)(=O)c3ccccc3)nc12. The van der Waals surface area contributed by atoms with Crippen LogP contribution in [0.1, 0.15) is 16.1 Å². The van der Waals surface area contributed by atoms with E-state index in [2.05, 4.69) is 26.0 Å². The van der Waals surface area contributed by atoms with Crippen LogP contribution in [0.5, 0.6) is 0 Å². The number of hydrogen-bond donors (Lipinski definition) is 1. The number of imidazole rings is 1. The molecule has 0 fully saturated rings. The molecule has 0 bridgehead atoms. The van der Waals surface area contributed by atoms with Gasteiger partial charge in [-0.3, -0.25) is 4.79 Å². The molecule has 0 saturated carbocycles. The topological polar surface area (TPSA) is 93.4 Å². The van der Waals surface area contributed by atoms with Crippen LogP contribution in [0.2, 0.25) is 0 Å². The van der Waals surface area contributed by atoms with Crippen LogP contribution in [0.25, 0.3) is 5.65 Å². The monoisotopic (exact) mass is 394 g/mol. The zero-order valence-corrected chi connectivity index (χ0v) is 14.3. The van der Waals surface area contributed by atoms with E-state index in [1.807, 2.05) is 11.6 Å². The number of rotatable bonds is 3. The molecule has 3 rings (SSSR count). The van der Waals surface area contributed by atoms with Gasteiger partial charge in [0.05, 0.1) is 11.1 Å². The first-order valence-electron chi connectivity index (χ1n) is 6.51. The summed E-state index contributed by atoms with van der Waals surface area (Å²) in [4.78, 5) is 16.3. The first-order chi connectivity index (χ1) is 10.9. The molecular weight excluding hydrogens is 384 g/mol. The maximum Gasteiger partial charge on any atom is 0.285 e. The van der Waals surface area contributed by atoms with Gasteiger partial charge in [0.15, 0.2) is 5.65 Å². The third kappa shape index (κ3) is 3.10. The van der Waals surface area contributed by atoms with Gasteiger partial charge in [-0.25, -0.2) is 22.6 Å². The van der Waals surface area contributed by atoms with E-state index in [4.69, 9.17) is 0 Å². The molecule has 1 amide bonds. The zero-order valence-electron chi connectivity index (χ0n) is 11.9. The average Bonchev–Trinajstić information content (AvgIpc) is 2.92. The summed E-state index contributed by atoms with van der Waals surface area (Å²) >= 11 is 3.25. The summed E-state index contributed by atoms with van der Waals surface area (Å²) in [6, 6.07) is 9.41. The Morgan fingerprint density at radius 3 is 2.65 bits per heavy atom. The number of halogens is 1. The third-order valence-corrected chi connectivity index (χ3v) is 4.83. The summed E-state index contributed by atoms with van der Waals surface area (Å²) in [5.41, 5.74) is 1.26. The minimum Gasteiger partial charge on any atom is -0.266 e. The molecule has 0 saturated heterocycles. The molecular formula is C14H11BrN4O3S. The van der Waals surface area contributed by atoms with Crippen LogP contribution in [0.3, 0.4) is 0 Å². The van der Waals surface area contributed by atoms with E-state index in [-0.39, 0.29) is 10.6 Å². The third-order valence-electron chi connectivity index (χ3n) is 3.09. The average molecular weight is 395 g/mol. The van der Waals surface area contributed by atoms with Gasteiger partial charge >= 0.3 is 0 Å². The molecule has 7 nitrogen and oxygen atoms in total. The first-order valence-corrected chi connectivity index (χ1v) is 8.79. The molecule has 118 valence electrons. The summed E-state index contributed by atoms with van der Waals surface area (Å²) in [6.07, 6.45) is 1.38. The van der Waals surface area contributed by atoms with Crippen LogP contribution in [0, 0.1) is 6.92 Å². The predicted octanol–water partition coefficient (Wildman–Crippen LogP) is 1.92. The fourth-order valence-electron chi connectivity index (χ4n) is 2.03. The number of aryl methyl sites for hydroxylation is 1. The molecule has 0 aliphatic heterocycles. The van der Waals surface area contributed by atoms with Crippen LogP contribution in [0.15, 0.2) is 52.1 Å². The molecule has 3 aromatic rings. The molecule has 0 atom stereocenters. The van der Waals surface area contributed by atoms with E-state index in [0.717, 1.165) is 5.56 Å². The highest BCUT2D eigenvalue weighted by Crippen LogP contribution is 2.15. The van der Waals surface area contributed by atoms with Gasteiger partial charge < -0.3 is 0 Å². The second-order valence-corrected chi connectivity index (χ2v) is 7.29. The number of aromatic nitrogens is 3. The van der Waals surface area contributed by atoms with Gasteiger partial charge in [-0.15, -0.1) is 0 Å². The number of benzene rings is 1. The lowest BCUT2D eigenvalue weighted by molar-refractivity contribution is 0.0977. The van der Waals surface area contributed by atoms with E-state index in [0.29, 0.717) is 10.3 Å². The lowest BCUT2D eigenvalue weighted by Gasteiger charge is -2.04. The van der Waals surface area contributed by atoms with Gasteiger partial charge in [0.1, 0.15) is 10.3 Å². The number of amides is 1. The molecule has 2 heterocycles. The Kier molecular flexibility index (Phi) is 3.90. The predicted molar refractivity (Wildman–Crippen MR) is 86.5 cm³/mol. The highest BCUT2D eigenvalue weighted by Gasteiger charge is 2.21. The van der Waals surface area contributed by atoms with Gasteiger partial charge in [-0.05, 0) is 46.6 Å². The molecule has 0 aliphatic carbocycles. The lowest BCUT2D eigenvalue weighted by Crippen LogP contribution is -2.30. The van der Waals surface area contributed by atoms with E-state index in [1.54, 1.807) is 24.3 Å². The number of nitrogens with one attached hydrogen (secondary N) is 1. The number of nitrogens with zero attached hydrogens (tertiary/aromatic N) is 3. The van der Waals surface area contributed by atoms with Crippen molar-refractivity contribution in [3.63, 3.8) is 0 Å². The minimum atomic E-state index is -3.94. The van der Waals surface area contributed by atoms with Gasteiger partial charge in [-0.1, -0.05) is 18.2 Å². The van der Waals surface area contributed by atoms with E-state index >= 15 is 0 Å². The van der Waals surface area contributed by atoms with Crippen molar-refractivity contribution in [3.8, 4) is 0 Å². The summed E-state index contributed by atoms with van der Waals surface area (Å²) < 4.78 is 28.3. The van der Waals surface area contributed by atoms with Crippen LogP contribution < -0.4 is 4.72 Å². The Morgan fingerprint density at radius 1 is 1.26 bits per heavy atom. The van der Waals surface area contributed by atoms with Crippen LogP contribution in [0.4, 0.5) is 0 Å². The van der Waals surface area contributed by atoms with E-state index in [1.165, 1.54) is 22.8 Å². The molecule has 0 unspecified atom stereocenters. The Balaban J connectivity index is 1.94. The smallest absolute Gasteiger partial charge is 0.266 e. The Morgan fingerprint density at radius 2 is 1.96 bits per heavy atom. The van der Waals surface area contributed by atoms with Crippen molar-refractivity contribution in [3.05, 3.63) is 58.5 Å². The molecule has 1 aromatic carbocycles. The number of carbonyl (C=O) groups is 1. The number of hydrogen-bond acceptors (Lipinski definition) is 5. The van der Waals surface area contributed by atoms with Gasteiger partial charge in [0.2, 0.25) is 0 Å². The van der Waals surface area contributed by atoms with Gasteiger partial charge in [0.25, 0.3) is 15.9 Å². The number of carbonyl (C=O) groups excluding carboxylic acids is 1. The van der Waals surface area contributed by atoms with Crippen molar-refractivity contribution in [1.82, 2.24) is 19.3 Å². The molecule has 0 radical (unpaired) electrons. The highest BCUT2D eigenvalue weighted by molar-refractivity contribution is 9.10. The Bertz CT molecular complexity index is 1000. The van der Waals surface area contributed by atoms with Crippen molar-refractivity contribution in [2.24, 2.45) is 0 Å². The fourth-order valence-corrected chi connectivity index (χ4v) is 3.53. The number of fused-ring (bicyclic) bond motifs is 1. The summed E-state index contributed by atoms with van der Waals surface area (Å²) in [5.74, 6) is -0.810. The molecule has 2 aromatic heterocycles. The van der Waals surface area contributed by atoms with Crippen LogP contribution in [-0.2, 0) is 10.0 Å². The largest absolute Gasteiger partial charge is 0.285 e. The van der Waals surface area contributed by atoms with Crippen LogP contribution in [-0.4, -0.2) is 28.9 Å². The van der Waals surface area contributed by atoms with Gasteiger partial charge in [-0.2, -0.15) is 5.10 Å². The first kappa shape index (κ1) is 15.6. The van der Waals surface area contributed by atoms with Crippen LogP contribution >= 0.6 is 15.9 Å². The maximum absolute atomic E-state index is 12.2. The van der Waals surface area contributed by atoms with Crippen molar-refractivity contribution < 1.29 is 13.2 Å². The lowest BCUT2D eigenvalue weighted by atomic mass is 10.3. The second kappa shape index (κ2) is 5.74. The molecule has 0 spiro atoms. The van der Waals surface area contributed by atoms with Gasteiger partial charge in [0, 0.05) is 0 Å². The molecule has 1 N–H and O–H groups in total. The Labute approximate surface area is 140 Å². The van der Waals surface area contributed by atoms with Crippen molar-refractivity contribution in [2.45, 2.75) is 11.8 Å². The zero-order chi connectivity index (χ0) is 16.6. The normalized spacial score (nSPS) is 11.6. The standard InChI is InChI=1S/C14H11BrN4O3S/c1-9-7-12(15)17-19-8-11(16-13(9)19)14(20)18-23(21,22)10-5-3-2-4-6-10/h2-8H,1H3,(H,18,20). The maximum atomic E-state index is 12.2. The molecule has 0 aliphatic rings. The van der Waals surface area contributed by atoms with E-state index < -0.39 is 15.9 Å². The second-order valence-electron chi connectivity index (χ2n) is 4.79. The minimum absolute atomic E-state index is 0.00849. The quantitative estimate of drug-likeness (QED) is 0.732. The fraction of sp³-hybridized carbons (Fsp3) is 0.0714. The molecule has 9 heteroatoms. The van der Waals surface area contributed by atoms with E-state index in [9.17, 15) is 13.2 Å². The number of sulfonamides is 1. The summed E-state index contributed by atoms with van der Waals surface area (Å²) in [5, 5.41) is 4.14.